The number of phenolic OH excluding ortho intramolecular Hbond substituents is 1. The number of amides is 1. The number of hydrogen-bond acceptors (Lipinski definition) is 3. The van der Waals surface area contributed by atoms with Crippen molar-refractivity contribution in [1.82, 2.24) is 5.32 Å². The van der Waals surface area contributed by atoms with Crippen LogP contribution in [0.1, 0.15) is 41.9 Å². The molecule has 4 rings (SSSR count). The van der Waals surface area contributed by atoms with E-state index in [0.29, 0.717) is 19.8 Å². The largest absolute Gasteiger partial charge is 0.508 e. The molecule has 32 heavy (non-hydrogen) atoms. The predicted molar refractivity (Wildman–Crippen MR) is 130 cm³/mol. The summed E-state index contributed by atoms with van der Waals surface area (Å²) in [5, 5.41) is 13.7. The summed E-state index contributed by atoms with van der Waals surface area (Å²) in [6, 6.07) is 25.6. The molecule has 1 saturated heterocycles. The molecule has 3 aromatic rings. The van der Waals surface area contributed by atoms with Crippen molar-refractivity contribution in [3.63, 3.8) is 0 Å². The highest BCUT2D eigenvalue weighted by Crippen LogP contribution is 2.37. The minimum Gasteiger partial charge on any atom is -0.508 e. The molecule has 1 heterocycles. The average molecular weight is 494 g/mol. The van der Waals surface area contributed by atoms with Crippen molar-refractivity contribution in [3.05, 3.63) is 100 Å². The molecule has 3 aromatic carbocycles. The molecule has 4 nitrogen and oxygen atoms in total. The Balaban J connectivity index is 1.54. The van der Waals surface area contributed by atoms with Crippen LogP contribution in [0.15, 0.2) is 83.3 Å². The molecule has 0 unspecified atom stereocenters. The van der Waals surface area contributed by atoms with Gasteiger partial charge in [0.15, 0.2) is 0 Å². The van der Waals surface area contributed by atoms with E-state index in [9.17, 15) is 9.90 Å². The summed E-state index contributed by atoms with van der Waals surface area (Å²) in [5.74, 6) is -0.0730. The van der Waals surface area contributed by atoms with Gasteiger partial charge in [-0.3, -0.25) is 4.79 Å². The van der Waals surface area contributed by atoms with E-state index in [0.717, 1.165) is 28.4 Å². The molecule has 0 bridgehead atoms. The van der Waals surface area contributed by atoms with Crippen molar-refractivity contribution in [2.45, 2.75) is 30.6 Å². The van der Waals surface area contributed by atoms with Crippen molar-refractivity contribution >= 4 is 21.8 Å². The maximum Gasteiger partial charge on any atom is 0.220 e. The van der Waals surface area contributed by atoms with Gasteiger partial charge < -0.3 is 15.2 Å². The molecule has 1 aliphatic heterocycles. The van der Waals surface area contributed by atoms with Gasteiger partial charge in [-0.05, 0) is 42.2 Å². The minimum atomic E-state index is -0.240. The molecule has 166 valence electrons. The van der Waals surface area contributed by atoms with Crippen LogP contribution >= 0.6 is 15.9 Å². The van der Waals surface area contributed by atoms with E-state index in [-0.39, 0.29) is 29.4 Å². The van der Waals surface area contributed by atoms with Gasteiger partial charge in [-0.25, -0.2) is 0 Å². The predicted octanol–water partition coefficient (Wildman–Crippen LogP) is 5.54. The number of aromatic hydroxyl groups is 1. The molecule has 0 aromatic heterocycles. The summed E-state index contributed by atoms with van der Waals surface area (Å²) in [6.07, 6.45) is 2.02. The number of nitrogens with one attached hydrogen (secondary N) is 1. The highest BCUT2D eigenvalue weighted by molar-refractivity contribution is 9.10. The van der Waals surface area contributed by atoms with Gasteiger partial charge in [-0.2, -0.15) is 0 Å². The molecule has 0 aliphatic carbocycles. The van der Waals surface area contributed by atoms with Crippen LogP contribution in [0.2, 0.25) is 0 Å². The van der Waals surface area contributed by atoms with Gasteiger partial charge in [0.05, 0.1) is 0 Å². The maximum absolute atomic E-state index is 13.2. The summed E-state index contributed by atoms with van der Waals surface area (Å²) in [6.45, 7) is 1.97. The third kappa shape index (κ3) is 5.22. The fourth-order valence-corrected chi connectivity index (χ4v) is 4.92. The summed E-state index contributed by atoms with van der Waals surface area (Å²) in [5.41, 5.74) is 2.87. The fraction of sp³-hybridized carbons (Fsp3) is 0.296. The van der Waals surface area contributed by atoms with Gasteiger partial charge in [0, 0.05) is 47.5 Å². The molecule has 1 atom stereocenters. The Bertz CT molecular complexity index is 1030. The normalized spacial score (nSPS) is 16.3. The lowest BCUT2D eigenvalue weighted by atomic mass is 9.74. The first-order chi connectivity index (χ1) is 15.6. The van der Waals surface area contributed by atoms with Gasteiger partial charge in [0.25, 0.3) is 0 Å². The fourth-order valence-electron chi connectivity index (χ4n) is 4.54. The van der Waals surface area contributed by atoms with Crippen LogP contribution in [-0.2, 0) is 14.9 Å². The Morgan fingerprint density at radius 3 is 2.34 bits per heavy atom. The lowest BCUT2D eigenvalue weighted by Crippen LogP contribution is -2.44. The molecular formula is C27H28BrNO3. The first-order valence-corrected chi connectivity index (χ1v) is 11.8. The number of rotatable bonds is 7. The molecule has 5 heteroatoms. The Kier molecular flexibility index (Phi) is 7.28. The molecule has 0 spiro atoms. The molecule has 1 aliphatic rings. The topological polar surface area (TPSA) is 58.6 Å². The van der Waals surface area contributed by atoms with Crippen LogP contribution in [0.4, 0.5) is 0 Å². The first-order valence-electron chi connectivity index (χ1n) is 11.0. The highest BCUT2D eigenvalue weighted by atomic mass is 79.9. The Hall–Kier alpha value is -2.63. The van der Waals surface area contributed by atoms with E-state index in [1.54, 1.807) is 12.1 Å². The Labute approximate surface area is 197 Å². The number of halogens is 1. The van der Waals surface area contributed by atoms with Crippen LogP contribution in [0, 0.1) is 0 Å². The van der Waals surface area contributed by atoms with E-state index in [1.807, 2.05) is 42.5 Å². The first kappa shape index (κ1) is 22.6. The van der Waals surface area contributed by atoms with Crippen molar-refractivity contribution < 1.29 is 14.6 Å². The number of phenols is 1. The van der Waals surface area contributed by atoms with E-state index >= 15 is 0 Å². The zero-order chi connectivity index (χ0) is 22.4. The van der Waals surface area contributed by atoms with Gasteiger partial charge in [0.1, 0.15) is 5.75 Å². The van der Waals surface area contributed by atoms with E-state index in [2.05, 4.69) is 45.5 Å². The molecule has 2 N–H and O–H groups in total. The lowest BCUT2D eigenvalue weighted by Gasteiger charge is -2.38. The Morgan fingerprint density at radius 2 is 1.66 bits per heavy atom. The zero-order valence-corrected chi connectivity index (χ0v) is 19.6. The van der Waals surface area contributed by atoms with E-state index in [4.69, 9.17) is 4.74 Å². The number of hydrogen-bond donors (Lipinski definition) is 2. The summed E-state index contributed by atoms with van der Waals surface area (Å²) < 4.78 is 6.48. The van der Waals surface area contributed by atoms with Crippen molar-refractivity contribution in [1.29, 1.82) is 0 Å². The van der Waals surface area contributed by atoms with Gasteiger partial charge in [-0.15, -0.1) is 0 Å². The number of ether oxygens (including phenoxy) is 1. The second-order valence-corrected chi connectivity index (χ2v) is 9.32. The zero-order valence-electron chi connectivity index (χ0n) is 18.0. The SMILES string of the molecule is O=C(C[C@@H](c1ccccc1)c1cc(Br)ccc1O)NCC1(c2ccccc2)CCOCC1. The third-order valence-corrected chi connectivity index (χ3v) is 6.91. The smallest absolute Gasteiger partial charge is 0.220 e. The number of benzene rings is 3. The summed E-state index contributed by atoms with van der Waals surface area (Å²) in [7, 11) is 0. The second-order valence-electron chi connectivity index (χ2n) is 8.41. The van der Waals surface area contributed by atoms with Crippen LogP contribution in [0.3, 0.4) is 0 Å². The molecule has 0 saturated carbocycles. The maximum atomic E-state index is 13.2. The van der Waals surface area contributed by atoms with Crippen molar-refractivity contribution in [2.24, 2.45) is 0 Å². The van der Waals surface area contributed by atoms with Gasteiger partial charge in [-0.1, -0.05) is 76.6 Å². The van der Waals surface area contributed by atoms with Gasteiger partial charge >= 0.3 is 0 Å². The molecule has 1 fully saturated rings. The average Bonchev–Trinajstić information content (AvgIpc) is 2.84. The standard InChI is InChI=1S/C27H28BrNO3/c28-22-11-12-25(30)24(17-22)23(20-7-3-1-4-8-20)18-26(31)29-19-27(13-15-32-16-14-27)21-9-5-2-6-10-21/h1-12,17,23,30H,13-16,18-19H2,(H,29,31)/t23-/m0/s1. The minimum absolute atomic E-state index is 0.0278. The third-order valence-electron chi connectivity index (χ3n) is 6.42. The quantitative estimate of drug-likeness (QED) is 0.454. The summed E-state index contributed by atoms with van der Waals surface area (Å²) in [4.78, 5) is 13.2. The van der Waals surface area contributed by atoms with Crippen LogP contribution < -0.4 is 5.32 Å². The van der Waals surface area contributed by atoms with Crippen LogP contribution in [-0.4, -0.2) is 30.8 Å². The van der Waals surface area contributed by atoms with E-state index < -0.39 is 0 Å². The molecule has 1 amide bonds. The van der Waals surface area contributed by atoms with Crippen molar-refractivity contribution in [2.75, 3.05) is 19.8 Å². The number of carbonyl (C=O) groups is 1. The number of carbonyl (C=O) groups excluding carboxylic acids is 1. The van der Waals surface area contributed by atoms with Crippen molar-refractivity contribution in [3.8, 4) is 5.75 Å². The lowest BCUT2D eigenvalue weighted by molar-refractivity contribution is -0.121. The monoisotopic (exact) mass is 493 g/mol. The molecular weight excluding hydrogens is 466 g/mol. The van der Waals surface area contributed by atoms with Gasteiger partial charge in [0.2, 0.25) is 5.91 Å². The molecule has 0 radical (unpaired) electrons. The highest BCUT2D eigenvalue weighted by Gasteiger charge is 2.35. The second kappa shape index (κ2) is 10.3. The van der Waals surface area contributed by atoms with E-state index in [1.165, 1.54) is 5.56 Å². The van der Waals surface area contributed by atoms with Crippen LogP contribution in [0.25, 0.3) is 0 Å². The summed E-state index contributed by atoms with van der Waals surface area (Å²) >= 11 is 3.50. The van der Waals surface area contributed by atoms with Crippen LogP contribution in [0.5, 0.6) is 5.75 Å². The Morgan fingerprint density at radius 1 is 1.00 bits per heavy atom.